The molecule has 3 nitrogen and oxygen atoms in total. The summed E-state index contributed by atoms with van der Waals surface area (Å²) >= 11 is 1.54. The molecule has 3 rings (SSSR count). The molecule has 1 aliphatic rings. The Morgan fingerprint density at radius 1 is 1.40 bits per heavy atom. The van der Waals surface area contributed by atoms with Crippen molar-refractivity contribution in [2.75, 3.05) is 7.11 Å². The fraction of sp³-hybridized carbons (Fsp3) is 0.400. The van der Waals surface area contributed by atoms with E-state index in [1.807, 2.05) is 6.07 Å². The van der Waals surface area contributed by atoms with Crippen LogP contribution in [0, 0.1) is 5.82 Å². The Bertz CT molecular complexity index is 595. The molecule has 0 atom stereocenters. The molecule has 0 bridgehead atoms. The quantitative estimate of drug-likeness (QED) is 0.886. The SMILES string of the molecule is COCc1nc(-c2ccccc2F)sc1CNC1CC1. The van der Waals surface area contributed by atoms with Crippen LogP contribution in [-0.4, -0.2) is 18.1 Å². The van der Waals surface area contributed by atoms with E-state index in [9.17, 15) is 4.39 Å². The van der Waals surface area contributed by atoms with Crippen molar-refractivity contribution in [1.29, 1.82) is 0 Å². The van der Waals surface area contributed by atoms with E-state index in [0.717, 1.165) is 22.1 Å². The van der Waals surface area contributed by atoms with Crippen molar-refractivity contribution in [3.05, 3.63) is 40.7 Å². The number of hydrogen-bond acceptors (Lipinski definition) is 4. The molecule has 1 aliphatic carbocycles. The molecular weight excluding hydrogens is 275 g/mol. The van der Waals surface area contributed by atoms with Crippen molar-refractivity contribution in [1.82, 2.24) is 10.3 Å². The molecule has 2 aromatic rings. The second-order valence-electron chi connectivity index (χ2n) is 4.96. The molecule has 106 valence electrons. The van der Waals surface area contributed by atoms with E-state index in [0.29, 0.717) is 18.2 Å². The van der Waals surface area contributed by atoms with Gasteiger partial charge in [-0.05, 0) is 25.0 Å². The highest BCUT2D eigenvalue weighted by Gasteiger charge is 2.22. The van der Waals surface area contributed by atoms with Gasteiger partial charge in [0.1, 0.15) is 10.8 Å². The van der Waals surface area contributed by atoms with Crippen LogP contribution in [0.1, 0.15) is 23.4 Å². The Hall–Kier alpha value is -1.30. The zero-order chi connectivity index (χ0) is 13.9. The first-order chi connectivity index (χ1) is 9.78. The number of methoxy groups -OCH3 is 1. The maximum Gasteiger partial charge on any atom is 0.133 e. The van der Waals surface area contributed by atoms with Crippen molar-refractivity contribution in [3.8, 4) is 10.6 Å². The zero-order valence-electron chi connectivity index (χ0n) is 11.4. The summed E-state index contributed by atoms with van der Waals surface area (Å²) in [5, 5.41) is 4.20. The highest BCUT2D eigenvalue weighted by molar-refractivity contribution is 7.15. The largest absolute Gasteiger partial charge is 0.378 e. The van der Waals surface area contributed by atoms with Gasteiger partial charge in [-0.1, -0.05) is 12.1 Å². The van der Waals surface area contributed by atoms with Crippen LogP contribution in [0.5, 0.6) is 0 Å². The molecule has 5 heteroatoms. The molecule has 1 N–H and O–H groups in total. The van der Waals surface area contributed by atoms with Gasteiger partial charge >= 0.3 is 0 Å². The fourth-order valence-electron chi connectivity index (χ4n) is 2.05. The maximum absolute atomic E-state index is 13.8. The highest BCUT2D eigenvalue weighted by atomic mass is 32.1. The summed E-state index contributed by atoms with van der Waals surface area (Å²) in [5.41, 5.74) is 1.47. The molecule has 0 unspecified atom stereocenters. The predicted molar refractivity (Wildman–Crippen MR) is 78.1 cm³/mol. The van der Waals surface area contributed by atoms with Crippen LogP contribution in [0.2, 0.25) is 0 Å². The Morgan fingerprint density at radius 2 is 2.20 bits per heavy atom. The molecule has 0 amide bonds. The Labute approximate surface area is 121 Å². The van der Waals surface area contributed by atoms with E-state index < -0.39 is 0 Å². The van der Waals surface area contributed by atoms with Gasteiger partial charge in [0.05, 0.1) is 12.3 Å². The fourth-order valence-corrected chi connectivity index (χ4v) is 3.09. The first-order valence-corrected chi connectivity index (χ1v) is 7.55. The Morgan fingerprint density at radius 3 is 2.90 bits per heavy atom. The molecule has 1 heterocycles. The number of halogens is 1. The van der Waals surface area contributed by atoms with Gasteiger partial charge in [0.15, 0.2) is 0 Å². The minimum absolute atomic E-state index is 0.230. The minimum Gasteiger partial charge on any atom is -0.378 e. The standard InChI is InChI=1S/C15H17FN2OS/c1-19-9-13-14(8-17-10-6-7-10)20-15(18-13)11-4-2-3-5-12(11)16/h2-5,10,17H,6-9H2,1H3. The molecule has 1 aromatic heterocycles. The van der Waals surface area contributed by atoms with Crippen LogP contribution < -0.4 is 5.32 Å². The lowest BCUT2D eigenvalue weighted by Crippen LogP contribution is -2.15. The molecule has 20 heavy (non-hydrogen) atoms. The van der Waals surface area contributed by atoms with Gasteiger partial charge in [-0.3, -0.25) is 0 Å². The monoisotopic (exact) mass is 292 g/mol. The second-order valence-corrected chi connectivity index (χ2v) is 6.04. The van der Waals surface area contributed by atoms with Crippen LogP contribution in [0.4, 0.5) is 4.39 Å². The number of hydrogen-bond donors (Lipinski definition) is 1. The average molecular weight is 292 g/mol. The lowest BCUT2D eigenvalue weighted by atomic mass is 10.2. The van der Waals surface area contributed by atoms with Gasteiger partial charge in [-0.15, -0.1) is 11.3 Å². The van der Waals surface area contributed by atoms with E-state index in [-0.39, 0.29) is 5.82 Å². The Balaban J connectivity index is 1.87. The third-order valence-electron chi connectivity index (χ3n) is 3.29. The molecule has 0 aliphatic heterocycles. The third kappa shape index (κ3) is 3.06. The van der Waals surface area contributed by atoms with Gasteiger partial charge in [-0.25, -0.2) is 9.37 Å². The molecule has 1 aromatic carbocycles. The summed E-state index contributed by atoms with van der Waals surface area (Å²) in [5.74, 6) is -0.230. The number of ether oxygens (including phenoxy) is 1. The summed E-state index contributed by atoms with van der Waals surface area (Å²) in [7, 11) is 1.65. The lowest BCUT2D eigenvalue weighted by Gasteiger charge is -2.02. The van der Waals surface area contributed by atoms with Gasteiger partial charge < -0.3 is 10.1 Å². The number of aromatic nitrogens is 1. The van der Waals surface area contributed by atoms with Crippen LogP contribution in [0.15, 0.2) is 24.3 Å². The second kappa shape index (κ2) is 5.99. The number of nitrogens with zero attached hydrogens (tertiary/aromatic N) is 1. The average Bonchev–Trinajstić information content (AvgIpc) is 3.19. The number of nitrogens with one attached hydrogen (secondary N) is 1. The molecule has 0 radical (unpaired) electrons. The highest BCUT2D eigenvalue weighted by Crippen LogP contribution is 2.31. The molecule has 0 saturated heterocycles. The lowest BCUT2D eigenvalue weighted by molar-refractivity contribution is 0.181. The van der Waals surface area contributed by atoms with E-state index in [1.165, 1.54) is 18.9 Å². The van der Waals surface area contributed by atoms with Crippen LogP contribution in [0.3, 0.4) is 0 Å². The molecular formula is C15H17FN2OS. The van der Waals surface area contributed by atoms with Crippen molar-refractivity contribution in [3.63, 3.8) is 0 Å². The first-order valence-electron chi connectivity index (χ1n) is 6.73. The predicted octanol–water partition coefficient (Wildman–Crippen LogP) is 3.35. The maximum atomic E-state index is 13.8. The molecule has 0 spiro atoms. The van der Waals surface area contributed by atoms with Crippen LogP contribution in [0.25, 0.3) is 10.6 Å². The molecule has 1 saturated carbocycles. The topological polar surface area (TPSA) is 34.1 Å². The smallest absolute Gasteiger partial charge is 0.133 e. The Kier molecular flexibility index (Phi) is 4.10. The normalized spacial score (nSPS) is 14.7. The van der Waals surface area contributed by atoms with Crippen LogP contribution in [-0.2, 0) is 17.9 Å². The third-order valence-corrected chi connectivity index (χ3v) is 4.42. The van der Waals surface area contributed by atoms with E-state index >= 15 is 0 Å². The molecule has 1 fully saturated rings. The summed E-state index contributed by atoms with van der Waals surface area (Å²) in [6.45, 7) is 1.25. The van der Waals surface area contributed by atoms with Gasteiger partial charge in [0, 0.05) is 30.1 Å². The number of rotatable bonds is 6. The first kappa shape index (κ1) is 13.7. The van der Waals surface area contributed by atoms with Gasteiger partial charge in [0.2, 0.25) is 0 Å². The van der Waals surface area contributed by atoms with Crippen molar-refractivity contribution in [2.24, 2.45) is 0 Å². The van der Waals surface area contributed by atoms with E-state index in [1.54, 1.807) is 30.6 Å². The summed E-state index contributed by atoms with van der Waals surface area (Å²) in [6, 6.07) is 7.40. The van der Waals surface area contributed by atoms with Gasteiger partial charge in [-0.2, -0.15) is 0 Å². The summed E-state index contributed by atoms with van der Waals surface area (Å²) < 4.78 is 19.0. The minimum atomic E-state index is -0.230. The number of benzene rings is 1. The summed E-state index contributed by atoms with van der Waals surface area (Å²) in [6.07, 6.45) is 2.50. The zero-order valence-corrected chi connectivity index (χ0v) is 12.2. The van der Waals surface area contributed by atoms with Crippen molar-refractivity contribution in [2.45, 2.75) is 32.0 Å². The van der Waals surface area contributed by atoms with Crippen molar-refractivity contribution >= 4 is 11.3 Å². The van der Waals surface area contributed by atoms with E-state index in [4.69, 9.17) is 4.74 Å². The van der Waals surface area contributed by atoms with Crippen molar-refractivity contribution < 1.29 is 9.13 Å². The van der Waals surface area contributed by atoms with E-state index in [2.05, 4.69) is 10.3 Å². The summed E-state index contributed by atoms with van der Waals surface area (Å²) in [4.78, 5) is 5.68. The van der Waals surface area contributed by atoms with Gasteiger partial charge in [0.25, 0.3) is 0 Å². The van der Waals surface area contributed by atoms with Crippen LogP contribution >= 0.6 is 11.3 Å². The number of thiazole rings is 1.